The Morgan fingerprint density at radius 2 is 1.94 bits per heavy atom. The molecular formula is C26H31N7O. The van der Waals surface area contributed by atoms with Crippen molar-refractivity contribution in [3.63, 3.8) is 0 Å². The van der Waals surface area contributed by atoms with E-state index < -0.39 is 0 Å². The summed E-state index contributed by atoms with van der Waals surface area (Å²) in [5.41, 5.74) is 4.38. The van der Waals surface area contributed by atoms with Gasteiger partial charge in [-0.2, -0.15) is 5.10 Å². The van der Waals surface area contributed by atoms with Gasteiger partial charge in [0.25, 0.3) is 0 Å². The Morgan fingerprint density at radius 3 is 2.68 bits per heavy atom. The monoisotopic (exact) mass is 457 g/mol. The van der Waals surface area contributed by atoms with Crippen LogP contribution >= 0.6 is 0 Å². The van der Waals surface area contributed by atoms with E-state index in [1.807, 2.05) is 46.1 Å². The molecule has 0 radical (unpaired) electrons. The van der Waals surface area contributed by atoms with Crippen LogP contribution in [-0.2, 0) is 6.54 Å². The number of carbonyl (C=O) groups excluding carboxylic acids is 1. The molecule has 1 atom stereocenters. The molecule has 8 heteroatoms. The summed E-state index contributed by atoms with van der Waals surface area (Å²) < 4.78 is 1.90. The molecule has 2 amide bonds. The number of urea groups is 1. The summed E-state index contributed by atoms with van der Waals surface area (Å²) in [6.45, 7) is 4.50. The van der Waals surface area contributed by atoms with Gasteiger partial charge in [-0.15, -0.1) is 0 Å². The third-order valence-electron chi connectivity index (χ3n) is 6.74. The van der Waals surface area contributed by atoms with Gasteiger partial charge in [-0.05, 0) is 74.1 Å². The summed E-state index contributed by atoms with van der Waals surface area (Å²) >= 11 is 0. The third-order valence-corrected chi connectivity index (χ3v) is 6.74. The Balaban J connectivity index is 1.08. The number of anilines is 2. The van der Waals surface area contributed by atoms with E-state index in [0.717, 1.165) is 63.4 Å². The lowest BCUT2D eigenvalue weighted by Crippen LogP contribution is -2.39. The zero-order chi connectivity index (χ0) is 23.2. The standard InChI is InChI=1S/C26H31N7O/c34-26(31-13-8-21(9-14-31)17-24-3-1-2-12-28-24)30-23-4-6-25(7-5-23)32-15-10-22(18-32)11-16-33-20-27-19-29-33/h1-7,12,17,19-20,22H,8-11,13-16,18H2,(H,30,34). The van der Waals surface area contributed by atoms with Gasteiger partial charge in [-0.3, -0.25) is 9.67 Å². The van der Waals surface area contributed by atoms with Crippen molar-refractivity contribution in [1.29, 1.82) is 0 Å². The van der Waals surface area contributed by atoms with Gasteiger partial charge < -0.3 is 15.1 Å². The molecule has 1 N–H and O–H groups in total. The molecule has 0 bridgehead atoms. The van der Waals surface area contributed by atoms with E-state index in [0.29, 0.717) is 5.92 Å². The van der Waals surface area contributed by atoms with Gasteiger partial charge in [0, 0.05) is 50.3 Å². The number of aromatic nitrogens is 4. The fourth-order valence-corrected chi connectivity index (χ4v) is 4.74. The number of hydrogen-bond acceptors (Lipinski definition) is 5. The molecule has 0 saturated carbocycles. The van der Waals surface area contributed by atoms with Crippen LogP contribution in [0.5, 0.6) is 0 Å². The highest BCUT2D eigenvalue weighted by Crippen LogP contribution is 2.27. The average molecular weight is 458 g/mol. The number of piperidine rings is 1. The summed E-state index contributed by atoms with van der Waals surface area (Å²) in [7, 11) is 0. The first-order valence-corrected chi connectivity index (χ1v) is 12.1. The highest BCUT2D eigenvalue weighted by molar-refractivity contribution is 5.89. The largest absolute Gasteiger partial charge is 0.371 e. The molecule has 1 aromatic carbocycles. The first kappa shape index (κ1) is 22.1. The lowest BCUT2D eigenvalue weighted by Gasteiger charge is -2.28. The lowest BCUT2D eigenvalue weighted by molar-refractivity contribution is 0.208. The zero-order valence-corrected chi connectivity index (χ0v) is 19.4. The van der Waals surface area contributed by atoms with Crippen molar-refractivity contribution in [3.05, 3.63) is 72.6 Å². The molecule has 5 rings (SSSR count). The first-order valence-electron chi connectivity index (χ1n) is 12.1. The minimum atomic E-state index is -0.0287. The van der Waals surface area contributed by atoms with Crippen LogP contribution in [0.25, 0.3) is 6.08 Å². The van der Waals surface area contributed by atoms with Gasteiger partial charge in [0.1, 0.15) is 12.7 Å². The Kier molecular flexibility index (Phi) is 6.84. The van der Waals surface area contributed by atoms with Crippen LogP contribution < -0.4 is 10.2 Å². The van der Waals surface area contributed by atoms with Gasteiger partial charge in [0.05, 0.1) is 5.69 Å². The van der Waals surface area contributed by atoms with Crippen LogP contribution in [0.4, 0.5) is 16.2 Å². The SMILES string of the molecule is O=C(Nc1ccc(N2CCC(CCn3cncn3)C2)cc1)N1CCC(=Cc2ccccn2)CC1. The number of likely N-dealkylation sites (tertiary alicyclic amines) is 1. The molecule has 2 aliphatic heterocycles. The highest BCUT2D eigenvalue weighted by atomic mass is 16.2. The molecule has 0 spiro atoms. The fraction of sp³-hybridized carbons (Fsp3) is 0.385. The number of aryl methyl sites for hydroxylation is 1. The van der Waals surface area contributed by atoms with E-state index >= 15 is 0 Å². The van der Waals surface area contributed by atoms with Crippen LogP contribution in [0.15, 0.2) is 66.9 Å². The number of nitrogens with one attached hydrogen (secondary N) is 1. The van der Waals surface area contributed by atoms with Crippen molar-refractivity contribution in [1.82, 2.24) is 24.6 Å². The maximum Gasteiger partial charge on any atom is 0.321 e. The zero-order valence-electron chi connectivity index (χ0n) is 19.4. The molecular weight excluding hydrogens is 426 g/mol. The van der Waals surface area contributed by atoms with Crippen molar-refractivity contribution < 1.29 is 4.79 Å². The molecule has 0 aliphatic carbocycles. The quantitative estimate of drug-likeness (QED) is 0.597. The summed E-state index contributed by atoms with van der Waals surface area (Å²) in [5, 5.41) is 7.25. The summed E-state index contributed by atoms with van der Waals surface area (Å²) in [6.07, 6.45) is 11.4. The summed E-state index contributed by atoms with van der Waals surface area (Å²) in [5.74, 6) is 0.666. The maximum absolute atomic E-state index is 12.7. The number of carbonyl (C=O) groups is 1. The molecule has 2 aromatic heterocycles. The van der Waals surface area contributed by atoms with Crippen molar-refractivity contribution in [2.45, 2.75) is 32.2 Å². The van der Waals surface area contributed by atoms with Crippen molar-refractivity contribution >= 4 is 23.5 Å². The fourth-order valence-electron chi connectivity index (χ4n) is 4.74. The van der Waals surface area contributed by atoms with E-state index in [2.05, 4.69) is 43.5 Å². The number of amides is 2. The predicted molar refractivity (Wildman–Crippen MR) is 133 cm³/mol. The Bertz CT molecular complexity index is 1090. The van der Waals surface area contributed by atoms with Crippen molar-refractivity contribution in [2.24, 2.45) is 5.92 Å². The van der Waals surface area contributed by atoms with Crippen molar-refractivity contribution in [2.75, 3.05) is 36.4 Å². The summed E-state index contributed by atoms with van der Waals surface area (Å²) in [4.78, 5) is 25.4. The van der Waals surface area contributed by atoms with Crippen LogP contribution in [0.2, 0.25) is 0 Å². The highest BCUT2D eigenvalue weighted by Gasteiger charge is 2.23. The first-order chi connectivity index (χ1) is 16.7. The van der Waals surface area contributed by atoms with Crippen LogP contribution in [0.1, 0.15) is 31.4 Å². The van der Waals surface area contributed by atoms with Crippen LogP contribution in [-0.4, -0.2) is 56.9 Å². The lowest BCUT2D eigenvalue weighted by atomic mass is 10.0. The maximum atomic E-state index is 12.7. The van der Waals surface area contributed by atoms with E-state index in [4.69, 9.17) is 0 Å². The van der Waals surface area contributed by atoms with E-state index in [9.17, 15) is 4.79 Å². The minimum absolute atomic E-state index is 0.0287. The van der Waals surface area contributed by atoms with Gasteiger partial charge >= 0.3 is 6.03 Å². The van der Waals surface area contributed by atoms with Crippen LogP contribution in [0, 0.1) is 5.92 Å². The number of nitrogens with zero attached hydrogens (tertiary/aromatic N) is 6. The molecule has 2 saturated heterocycles. The predicted octanol–water partition coefficient (Wildman–Crippen LogP) is 4.30. The Labute approximate surface area is 200 Å². The molecule has 4 heterocycles. The number of pyridine rings is 1. The van der Waals surface area contributed by atoms with E-state index in [-0.39, 0.29) is 6.03 Å². The second kappa shape index (κ2) is 10.5. The second-order valence-corrected chi connectivity index (χ2v) is 9.07. The molecule has 176 valence electrons. The number of benzene rings is 1. The van der Waals surface area contributed by atoms with Gasteiger partial charge in [0.15, 0.2) is 0 Å². The van der Waals surface area contributed by atoms with E-state index in [1.54, 1.807) is 12.7 Å². The Morgan fingerprint density at radius 1 is 1.09 bits per heavy atom. The molecule has 34 heavy (non-hydrogen) atoms. The smallest absolute Gasteiger partial charge is 0.321 e. The number of rotatable bonds is 6. The molecule has 1 unspecified atom stereocenters. The molecule has 8 nitrogen and oxygen atoms in total. The normalized spacial score (nSPS) is 18.2. The Hall–Kier alpha value is -3.68. The minimum Gasteiger partial charge on any atom is -0.371 e. The number of hydrogen-bond donors (Lipinski definition) is 1. The van der Waals surface area contributed by atoms with Gasteiger partial charge in [-0.25, -0.2) is 9.78 Å². The topological polar surface area (TPSA) is 79.2 Å². The average Bonchev–Trinajstić information content (AvgIpc) is 3.57. The van der Waals surface area contributed by atoms with Crippen molar-refractivity contribution in [3.8, 4) is 0 Å². The molecule has 2 aliphatic rings. The van der Waals surface area contributed by atoms with Gasteiger partial charge in [0.2, 0.25) is 0 Å². The van der Waals surface area contributed by atoms with Crippen LogP contribution in [0.3, 0.4) is 0 Å². The third kappa shape index (κ3) is 5.62. The molecule has 2 fully saturated rings. The van der Waals surface area contributed by atoms with E-state index in [1.165, 1.54) is 17.7 Å². The molecule has 3 aromatic rings. The van der Waals surface area contributed by atoms with Gasteiger partial charge in [-0.1, -0.05) is 11.6 Å². The second-order valence-electron chi connectivity index (χ2n) is 9.07. The summed E-state index contributed by atoms with van der Waals surface area (Å²) in [6, 6.07) is 14.1.